The summed E-state index contributed by atoms with van der Waals surface area (Å²) >= 11 is 0. The number of hydrogen-bond donors (Lipinski definition) is 1. The lowest BCUT2D eigenvalue weighted by Gasteiger charge is -2.19. The largest absolute Gasteiger partial charge is 0.448 e. The monoisotopic (exact) mass is 336 g/mol. The molecule has 22 heavy (non-hydrogen) atoms. The first kappa shape index (κ1) is 16.5. The van der Waals surface area contributed by atoms with Gasteiger partial charge in [0, 0.05) is 12.0 Å². The van der Waals surface area contributed by atoms with Gasteiger partial charge in [-0.2, -0.15) is 21.6 Å². The number of halogens is 3. The Balaban J connectivity index is 2.13. The molecule has 0 spiro atoms. The zero-order chi connectivity index (χ0) is 16.5. The second-order valence-electron chi connectivity index (χ2n) is 4.73. The Bertz CT molecular complexity index is 721. The molecule has 0 fully saturated rings. The highest BCUT2D eigenvalue weighted by Gasteiger charge is 2.45. The number of alkyl halides is 3. The van der Waals surface area contributed by atoms with Gasteiger partial charge in [-0.3, -0.25) is 4.55 Å². The van der Waals surface area contributed by atoms with Crippen LogP contribution in [0.15, 0.2) is 29.8 Å². The predicted molar refractivity (Wildman–Crippen MR) is 70.5 cm³/mol. The maximum absolute atomic E-state index is 12.7. The Morgan fingerprint density at radius 2 is 1.95 bits per heavy atom. The van der Waals surface area contributed by atoms with E-state index >= 15 is 0 Å². The van der Waals surface area contributed by atoms with Gasteiger partial charge in [0.2, 0.25) is 6.10 Å². The van der Waals surface area contributed by atoms with Crippen molar-refractivity contribution >= 4 is 22.2 Å². The number of esters is 1. The molecule has 1 aromatic carbocycles. The fraction of sp³-hybridized carbons (Fsp3) is 0.308. The maximum Gasteiger partial charge on any atom is 0.426 e. The average molecular weight is 336 g/mol. The van der Waals surface area contributed by atoms with Crippen LogP contribution in [0.4, 0.5) is 13.2 Å². The highest BCUT2D eigenvalue weighted by molar-refractivity contribution is 7.85. The molecule has 1 N–H and O–H groups in total. The minimum absolute atomic E-state index is 0.00853. The van der Waals surface area contributed by atoms with E-state index < -0.39 is 34.1 Å². The lowest BCUT2D eigenvalue weighted by Crippen LogP contribution is -2.39. The van der Waals surface area contributed by atoms with Gasteiger partial charge in [-0.05, 0) is 17.2 Å². The van der Waals surface area contributed by atoms with Crippen LogP contribution in [-0.2, 0) is 26.1 Å². The molecule has 0 saturated carbocycles. The van der Waals surface area contributed by atoms with Crippen molar-refractivity contribution < 1.29 is 35.7 Å². The summed E-state index contributed by atoms with van der Waals surface area (Å²) in [6.45, 7) is 0. The molecule has 1 aliphatic rings. The molecule has 9 heteroatoms. The van der Waals surface area contributed by atoms with Crippen molar-refractivity contribution in [3.8, 4) is 0 Å². The summed E-state index contributed by atoms with van der Waals surface area (Å²) in [5.41, 5.74) is 1.44. The Labute approximate surface area is 124 Å². The van der Waals surface area contributed by atoms with Crippen LogP contribution in [0.1, 0.15) is 11.1 Å². The zero-order valence-corrected chi connectivity index (χ0v) is 11.8. The van der Waals surface area contributed by atoms with Gasteiger partial charge in [-0.25, -0.2) is 4.79 Å². The fourth-order valence-electron chi connectivity index (χ4n) is 2.00. The van der Waals surface area contributed by atoms with Gasteiger partial charge in [-0.1, -0.05) is 24.3 Å². The molecule has 0 heterocycles. The zero-order valence-electron chi connectivity index (χ0n) is 11.0. The fourth-order valence-corrected chi connectivity index (χ4v) is 2.64. The highest BCUT2D eigenvalue weighted by atomic mass is 32.2. The molecule has 1 unspecified atom stereocenters. The number of benzene rings is 1. The number of rotatable bonds is 4. The molecule has 120 valence electrons. The third-order valence-corrected chi connectivity index (χ3v) is 3.73. The first-order chi connectivity index (χ1) is 10.1. The van der Waals surface area contributed by atoms with Gasteiger partial charge in [-0.15, -0.1) is 0 Å². The summed E-state index contributed by atoms with van der Waals surface area (Å²) < 4.78 is 72.1. The number of hydrogen-bond acceptors (Lipinski definition) is 4. The first-order valence-electron chi connectivity index (χ1n) is 6.07. The molecule has 0 bridgehead atoms. The molecule has 5 nitrogen and oxygen atoms in total. The maximum atomic E-state index is 12.7. The number of fused-ring (bicyclic) bond motifs is 1. The number of carbonyl (C=O) groups excluding carboxylic acids is 1. The minimum atomic E-state index is -5.10. The lowest BCUT2D eigenvalue weighted by molar-refractivity contribution is -0.213. The Hall–Kier alpha value is -1.87. The van der Waals surface area contributed by atoms with Crippen molar-refractivity contribution in [2.45, 2.75) is 18.7 Å². The summed E-state index contributed by atoms with van der Waals surface area (Å²) in [6.07, 6.45) is -6.53. The van der Waals surface area contributed by atoms with Crippen molar-refractivity contribution in [2.75, 3.05) is 5.75 Å². The molecule has 0 amide bonds. The summed E-state index contributed by atoms with van der Waals surface area (Å²) in [4.78, 5) is 11.8. The van der Waals surface area contributed by atoms with Crippen molar-refractivity contribution in [1.29, 1.82) is 0 Å². The van der Waals surface area contributed by atoms with Gasteiger partial charge < -0.3 is 4.74 Å². The molecule has 0 aliphatic heterocycles. The lowest BCUT2D eigenvalue weighted by atomic mass is 10.1. The van der Waals surface area contributed by atoms with Crippen LogP contribution in [0.25, 0.3) is 6.08 Å². The topological polar surface area (TPSA) is 80.7 Å². The van der Waals surface area contributed by atoms with Crippen LogP contribution in [0.5, 0.6) is 0 Å². The van der Waals surface area contributed by atoms with E-state index in [1.54, 1.807) is 24.3 Å². The third-order valence-electron chi connectivity index (χ3n) is 3.00. The highest BCUT2D eigenvalue weighted by Crippen LogP contribution is 2.29. The molecule has 0 aromatic heterocycles. The van der Waals surface area contributed by atoms with Crippen molar-refractivity contribution in [1.82, 2.24) is 0 Å². The quantitative estimate of drug-likeness (QED) is 0.672. The summed E-state index contributed by atoms with van der Waals surface area (Å²) in [5.74, 6) is -3.00. The summed E-state index contributed by atoms with van der Waals surface area (Å²) in [6, 6.07) is 6.83. The molecule has 1 aromatic rings. The van der Waals surface area contributed by atoms with E-state index in [1.165, 1.54) is 6.08 Å². The van der Waals surface area contributed by atoms with Gasteiger partial charge in [0.15, 0.2) is 0 Å². The van der Waals surface area contributed by atoms with Gasteiger partial charge >= 0.3 is 12.1 Å². The molecule has 0 radical (unpaired) electrons. The number of carbonyl (C=O) groups is 1. The molecule has 2 rings (SSSR count). The SMILES string of the molecule is O=C(OC(CS(=O)(=O)O)C(F)(F)F)C1=Cc2ccccc2C1. The second-order valence-corrected chi connectivity index (χ2v) is 6.23. The van der Waals surface area contributed by atoms with E-state index in [2.05, 4.69) is 4.74 Å². The predicted octanol–water partition coefficient (Wildman–Crippen LogP) is 1.99. The second kappa shape index (κ2) is 5.73. The first-order valence-corrected chi connectivity index (χ1v) is 7.68. The van der Waals surface area contributed by atoms with E-state index in [0.29, 0.717) is 5.56 Å². The molecule has 1 aliphatic carbocycles. The van der Waals surface area contributed by atoms with Gasteiger partial charge in [0.1, 0.15) is 5.75 Å². The van der Waals surface area contributed by atoms with Crippen molar-refractivity contribution in [2.24, 2.45) is 0 Å². The van der Waals surface area contributed by atoms with Crippen LogP contribution in [0, 0.1) is 0 Å². The van der Waals surface area contributed by atoms with Crippen LogP contribution >= 0.6 is 0 Å². The normalized spacial score (nSPS) is 15.9. The average Bonchev–Trinajstić information content (AvgIpc) is 2.79. The van der Waals surface area contributed by atoms with Crippen LogP contribution in [0.2, 0.25) is 0 Å². The summed E-state index contributed by atoms with van der Waals surface area (Å²) in [7, 11) is -4.95. The Morgan fingerprint density at radius 3 is 2.50 bits per heavy atom. The van der Waals surface area contributed by atoms with Crippen LogP contribution < -0.4 is 0 Å². The van der Waals surface area contributed by atoms with E-state index in [4.69, 9.17) is 4.55 Å². The van der Waals surface area contributed by atoms with E-state index in [0.717, 1.165) is 5.56 Å². The standard InChI is InChI=1S/C13H11F3O5S/c14-13(15,16)11(7-22(18,19)20)21-12(17)10-5-8-3-1-2-4-9(8)6-10/h1-5,11H,6-7H2,(H,18,19,20). The van der Waals surface area contributed by atoms with Crippen LogP contribution in [0.3, 0.4) is 0 Å². The summed E-state index contributed by atoms with van der Waals surface area (Å²) in [5, 5.41) is 0. The van der Waals surface area contributed by atoms with Gasteiger partial charge in [0.05, 0.1) is 0 Å². The molecule has 1 atom stereocenters. The van der Waals surface area contributed by atoms with Crippen molar-refractivity contribution in [3.05, 3.63) is 41.0 Å². The molecular weight excluding hydrogens is 325 g/mol. The van der Waals surface area contributed by atoms with Crippen molar-refractivity contribution in [3.63, 3.8) is 0 Å². The van der Waals surface area contributed by atoms with Crippen LogP contribution in [-0.4, -0.2) is 37.0 Å². The third kappa shape index (κ3) is 4.08. The number of ether oxygens (including phenoxy) is 1. The van der Waals surface area contributed by atoms with E-state index in [-0.39, 0.29) is 12.0 Å². The molecular formula is C13H11F3O5S. The Kier molecular flexibility index (Phi) is 4.30. The molecule has 0 saturated heterocycles. The Morgan fingerprint density at radius 1 is 1.32 bits per heavy atom. The smallest absolute Gasteiger partial charge is 0.426 e. The van der Waals surface area contributed by atoms with Gasteiger partial charge in [0.25, 0.3) is 10.1 Å². The van der Waals surface area contributed by atoms with E-state index in [9.17, 15) is 26.4 Å². The van der Waals surface area contributed by atoms with E-state index in [1.807, 2.05) is 0 Å². The minimum Gasteiger partial charge on any atom is -0.448 e.